The number of benzene rings is 1. The quantitative estimate of drug-likeness (QED) is 0.930. The van der Waals surface area contributed by atoms with Gasteiger partial charge in [0.2, 0.25) is 0 Å². The zero-order valence-electron chi connectivity index (χ0n) is 11.9. The van der Waals surface area contributed by atoms with Crippen molar-refractivity contribution in [2.45, 2.75) is 20.8 Å². The Morgan fingerprint density at radius 1 is 1.15 bits per heavy atom. The molecule has 0 unspecified atom stereocenters. The van der Waals surface area contributed by atoms with Gasteiger partial charge in [0.15, 0.2) is 5.82 Å². The van der Waals surface area contributed by atoms with Gasteiger partial charge >= 0.3 is 5.97 Å². The smallest absolute Gasteiger partial charge is 0.339 e. The lowest BCUT2D eigenvalue weighted by Crippen LogP contribution is -2.03. The number of carboxylic acid groups (broad SMARTS) is 1. The highest BCUT2D eigenvalue weighted by atomic mass is 16.5. The van der Waals surface area contributed by atoms with Gasteiger partial charge in [-0.3, -0.25) is 0 Å². The lowest BCUT2D eigenvalue weighted by molar-refractivity contribution is 0.0693. The van der Waals surface area contributed by atoms with Crippen LogP contribution in [0.25, 0.3) is 11.4 Å². The maximum atomic E-state index is 11.2. The number of carbonyl (C=O) groups is 1. The van der Waals surface area contributed by atoms with Gasteiger partial charge in [-0.2, -0.15) is 0 Å². The average Bonchev–Trinajstić information content (AvgIpc) is 2.43. The number of nitrogens with zero attached hydrogens (tertiary/aromatic N) is 2. The zero-order chi connectivity index (χ0) is 14.9. The monoisotopic (exact) mass is 272 g/mol. The third-order valence-corrected chi connectivity index (χ3v) is 3.32. The summed E-state index contributed by atoms with van der Waals surface area (Å²) in [7, 11) is 1.44. The SMILES string of the molecule is COc1ccc(-c2nc(C)c(C)c(C)n2)cc1C(=O)O. The van der Waals surface area contributed by atoms with Crippen LogP contribution in [-0.2, 0) is 0 Å². The molecule has 0 radical (unpaired) electrons. The van der Waals surface area contributed by atoms with Gasteiger partial charge in [-0.05, 0) is 44.5 Å². The summed E-state index contributed by atoms with van der Waals surface area (Å²) >= 11 is 0. The summed E-state index contributed by atoms with van der Waals surface area (Å²) in [6.07, 6.45) is 0. The molecule has 0 atom stereocenters. The van der Waals surface area contributed by atoms with Crippen molar-refractivity contribution in [1.29, 1.82) is 0 Å². The molecule has 0 aliphatic rings. The van der Waals surface area contributed by atoms with Crippen LogP contribution in [0.5, 0.6) is 5.75 Å². The van der Waals surface area contributed by atoms with Crippen LogP contribution in [-0.4, -0.2) is 28.2 Å². The fraction of sp³-hybridized carbons (Fsp3) is 0.267. The minimum absolute atomic E-state index is 0.101. The summed E-state index contributed by atoms with van der Waals surface area (Å²) in [6.45, 7) is 5.79. The number of hydrogen-bond acceptors (Lipinski definition) is 4. The second-order valence-electron chi connectivity index (χ2n) is 4.56. The third kappa shape index (κ3) is 2.47. The Labute approximate surface area is 117 Å². The van der Waals surface area contributed by atoms with Crippen LogP contribution in [0, 0.1) is 20.8 Å². The van der Waals surface area contributed by atoms with Crippen LogP contribution in [0.3, 0.4) is 0 Å². The van der Waals surface area contributed by atoms with E-state index in [1.165, 1.54) is 13.2 Å². The number of aromatic nitrogens is 2. The highest BCUT2D eigenvalue weighted by Gasteiger charge is 2.14. The Hall–Kier alpha value is -2.43. The molecule has 5 nitrogen and oxygen atoms in total. The summed E-state index contributed by atoms with van der Waals surface area (Å²) in [5.41, 5.74) is 3.58. The van der Waals surface area contributed by atoms with Gasteiger partial charge in [0.25, 0.3) is 0 Å². The van der Waals surface area contributed by atoms with Gasteiger partial charge in [-0.15, -0.1) is 0 Å². The molecule has 1 N–H and O–H groups in total. The number of carboxylic acids is 1. The third-order valence-electron chi connectivity index (χ3n) is 3.32. The fourth-order valence-corrected chi connectivity index (χ4v) is 1.92. The van der Waals surface area contributed by atoms with Crippen molar-refractivity contribution in [3.05, 3.63) is 40.7 Å². The van der Waals surface area contributed by atoms with E-state index in [9.17, 15) is 9.90 Å². The molecule has 1 aromatic carbocycles. The maximum Gasteiger partial charge on any atom is 0.339 e. The lowest BCUT2D eigenvalue weighted by atomic mass is 10.1. The van der Waals surface area contributed by atoms with E-state index in [0.29, 0.717) is 17.1 Å². The van der Waals surface area contributed by atoms with Crippen LogP contribution in [0.4, 0.5) is 0 Å². The van der Waals surface area contributed by atoms with E-state index >= 15 is 0 Å². The minimum atomic E-state index is -1.04. The zero-order valence-corrected chi connectivity index (χ0v) is 11.9. The summed E-state index contributed by atoms with van der Waals surface area (Å²) in [4.78, 5) is 20.1. The first-order valence-corrected chi connectivity index (χ1v) is 6.17. The Bertz CT molecular complexity index is 658. The molecular formula is C15H16N2O3. The molecule has 1 aromatic heterocycles. The molecule has 0 fully saturated rings. The van der Waals surface area contributed by atoms with Crippen molar-refractivity contribution in [1.82, 2.24) is 9.97 Å². The second kappa shape index (κ2) is 5.28. The number of rotatable bonds is 3. The molecule has 1 heterocycles. The predicted octanol–water partition coefficient (Wildman–Crippen LogP) is 2.78. The highest BCUT2D eigenvalue weighted by Crippen LogP contribution is 2.25. The Balaban J connectivity index is 2.59. The fourth-order valence-electron chi connectivity index (χ4n) is 1.92. The van der Waals surface area contributed by atoms with E-state index in [0.717, 1.165) is 17.0 Å². The van der Waals surface area contributed by atoms with Crippen LogP contribution in [0.15, 0.2) is 18.2 Å². The number of hydrogen-bond donors (Lipinski definition) is 1. The Morgan fingerprint density at radius 2 is 1.75 bits per heavy atom. The summed E-state index contributed by atoms with van der Waals surface area (Å²) in [5.74, 6) is -0.193. The van der Waals surface area contributed by atoms with Crippen molar-refractivity contribution >= 4 is 5.97 Å². The number of aromatic carboxylic acids is 1. The van der Waals surface area contributed by atoms with Gasteiger partial charge in [-0.25, -0.2) is 14.8 Å². The molecule has 0 bridgehead atoms. The normalized spacial score (nSPS) is 10.4. The van der Waals surface area contributed by atoms with Gasteiger partial charge in [-0.1, -0.05) is 0 Å². The minimum Gasteiger partial charge on any atom is -0.496 e. The first kappa shape index (κ1) is 14.0. The van der Waals surface area contributed by atoms with Crippen LogP contribution < -0.4 is 4.74 Å². The lowest BCUT2D eigenvalue weighted by Gasteiger charge is -2.09. The van der Waals surface area contributed by atoms with Gasteiger partial charge < -0.3 is 9.84 Å². The molecule has 0 saturated heterocycles. The van der Waals surface area contributed by atoms with Crippen LogP contribution in [0.2, 0.25) is 0 Å². The van der Waals surface area contributed by atoms with E-state index in [4.69, 9.17) is 4.74 Å². The highest BCUT2D eigenvalue weighted by molar-refractivity contribution is 5.92. The second-order valence-corrected chi connectivity index (χ2v) is 4.56. The van der Waals surface area contributed by atoms with E-state index in [1.54, 1.807) is 12.1 Å². The molecule has 0 amide bonds. The van der Waals surface area contributed by atoms with Crippen molar-refractivity contribution in [3.8, 4) is 17.1 Å². The molecule has 20 heavy (non-hydrogen) atoms. The van der Waals surface area contributed by atoms with Gasteiger partial charge in [0, 0.05) is 17.0 Å². The van der Waals surface area contributed by atoms with Crippen LogP contribution >= 0.6 is 0 Å². The average molecular weight is 272 g/mol. The van der Waals surface area contributed by atoms with Crippen molar-refractivity contribution < 1.29 is 14.6 Å². The van der Waals surface area contributed by atoms with Gasteiger partial charge in [0.05, 0.1) is 7.11 Å². The van der Waals surface area contributed by atoms with E-state index in [1.807, 2.05) is 20.8 Å². The van der Waals surface area contributed by atoms with Crippen molar-refractivity contribution in [2.75, 3.05) is 7.11 Å². The first-order valence-electron chi connectivity index (χ1n) is 6.17. The maximum absolute atomic E-state index is 11.2. The molecule has 0 spiro atoms. The Kier molecular flexibility index (Phi) is 3.70. The van der Waals surface area contributed by atoms with Crippen LogP contribution in [0.1, 0.15) is 27.3 Å². The predicted molar refractivity (Wildman–Crippen MR) is 75.2 cm³/mol. The molecule has 2 aromatic rings. The molecule has 5 heteroatoms. The summed E-state index contributed by atoms with van der Waals surface area (Å²) < 4.78 is 5.04. The van der Waals surface area contributed by atoms with E-state index < -0.39 is 5.97 Å². The summed E-state index contributed by atoms with van der Waals surface area (Å²) in [6, 6.07) is 4.91. The van der Waals surface area contributed by atoms with Crippen molar-refractivity contribution in [2.24, 2.45) is 0 Å². The Morgan fingerprint density at radius 3 is 2.25 bits per heavy atom. The molecule has 0 saturated carbocycles. The topological polar surface area (TPSA) is 72.3 Å². The molecule has 0 aliphatic heterocycles. The summed E-state index contributed by atoms with van der Waals surface area (Å²) in [5, 5.41) is 9.20. The number of ether oxygens (including phenoxy) is 1. The number of methoxy groups -OCH3 is 1. The van der Waals surface area contributed by atoms with E-state index in [2.05, 4.69) is 9.97 Å². The molecule has 2 rings (SSSR count). The van der Waals surface area contributed by atoms with E-state index in [-0.39, 0.29) is 5.56 Å². The first-order chi connectivity index (χ1) is 9.43. The van der Waals surface area contributed by atoms with Crippen molar-refractivity contribution in [3.63, 3.8) is 0 Å². The molecular weight excluding hydrogens is 256 g/mol. The largest absolute Gasteiger partial charge is 0.496 e. The molecule has 0 aliphatic carbocycles. The van der Waals surface area contributed by atoms with Gasteiger partial charge in [0.1, 0.15) is 11.3 Å². The standard InChI is InChI=1S/C15H16N2O3/c1-8-9(2)16-14(17-10(8)3)11-5-6-13(20-4)12(7-11)15(18)19/h5-7H,1-4H3,(H,18,19). The number of aryl methyl sites for hydroxylation is 2. The molecule has 104 valence electrons.